The third-order valence-corrected chi connectivity index (χ3v) is 5.84. The molecule has 2 aromatic rings. The van der Waals surface area contributed by atoms with Crippen LogP contribution in [0.5, 0.6) is 0 Å². The van der Waals surface area contributed by atoms with Crippen molar-refractivity contribution in [2.75, 3.05) is 12.3 Å². The van der Waals surface area contributed by atoms with E-state index in [1.165, 1.54) is 11.8 Å². The molecule has 2 rings (SSSR count). The molecule has 1 N–H and O–H groups in total. The Morgan fingerprint density at radius 2 is 1.76 bits per heavy atom. The molecule has 0 bridgehead atoms. The number of rotatable bonds is 11. The van der Waals surface area contributed by atoms with Crippen LogP contribution in [0.1, 0.15) is 38.7 Å². The molecule has 0 aliphatic carbocycles. The third kappa shape index (κ3) is 7.75. The van der Waals surface area contributed by atoms with Crippen LogP contribution in [0.25, 0.3) is 0 Å². The Labute approximate surface area is 183 Å². The lowest BCUT2D eigenvalue weighted by molar-refractivity contribution is -0.139. The lowest BCUT2D eigenvalue weighted by Crippen LogP contribution is -2.49. The molecule has 0 aliphatic heterocycles. The second-order valence-corrected chi connectivity index (χ2v) is 8.30. The highest BCUT2D eigenvalue weighted by Crippen LogP contribution is 2.22. The topological polar surface area (TPSA) is 49.4 Å². The third-order valence-electron chi connectivity index (χ3n) is 4.59. The molecule has 29 heavy (non-hydrogen) atoms. The van der Waals surface area contributed by atoms with Crippen molar-refractivity contribution in [2.24, 2.45) is 0 Å². The van der Waals surface area contributed by atoms with Gasteiger partial charge in [-0.3, -0.25) is 9.59 Å². The maximum absolute atomic E-state index is 13.1. The summed E-state index contributed by atoms with van der Waals surface area (Å²) in [5.74, 6) is 0.140. The second kappa shape index (κ2) is 12.6. The van der Waals surface area contributed by atoms with E-state index in [2.05, 4.69) is 12.2 Å². The van der Waals surface area contributed by atoms with Crippen LogP contribution in [0.4, 0.5) is 0 Å². The molecule has 0 unspecified atom stereocenters. The van der Waals surface area contributed by atoms with E-state index in [0.29, 0.717) is 24.5 Å². The van der Waals surface area contributed by atoms with Crippen molar-refractivity contribution in [3.8, 4) is 0 Å². The molecule has 2 amide bonds. The molecule has 0 radical (unpaired) electrons. The van der Waals surface area contributed by atoms with Gasteiger partial charge in [-0.2, -0.15) is 0 Å². The molecular weight excluding hydrogens is 404 g/mol. The molecule has 0 heterocycles. The summed E-state index contributed by atoms with van der Waals surface area (Å²) in [6, 6.07) is 16.7. The molecule has 0 fully saturated rings. The van der Waals surface area contributed by atoms with Crippen LogP contribution in [-0.4, -0.2) is 35.1 Å². The predicted octanol–water partition coefficient (Wildman–Crippen LogP) is 5.16. The van der Waals surface area contributed by atoms with Crippen LogP contribution >= 0.6 is 23.4 Å². The molecular formula is C23H29ClN2O2S. The van der Waals surface area contributed by atoms with Gasteiger partial charge in [0, 0.05) is 23.0 Å². The minimum atomic E-state index is -0.481. The summed E-state index contributed by atoms with van der Waals surface area (Å²) >= 11 is 7.39. The molecule has 0 aliphatic rings. The molecule has 4 nitrogen and oxygen atoms in total. The van der Waals surface area contributed by atoms with Crippen molar-refractivity contribution < 1.29 is 9.59 Å². The number of halogens is 1. The fraction of sp³-hybridized carbons (Fsp3) is 0.391. The van der Waals surface area contributed by atoms with Crippen LogP contribution in [0.2, 0.25) is 5.02 Å². The zero-order chi connectivity index (χ0) is 21.1. The van der Waals surface area contributed by atoms with Crippen molar-refractivity contribution in [2.45, 2.75) is 50.6 Å². The number of carbonyl (C=O) groups excluding carboxylic acids is 2. The standard InChI is InChI=1S/C23H29ClN2O2S/c1-3-5-15-25-23(28)21(4-2)26(16-18-9-7-6-8-10-18)22(27)17-29-20-13-11-19(24)12-14-20/h6-14,21H,3-5,15-17H2,1-2H3,(H,25,28)/t21-/m0/s1. The summed E-state index contributed by atoms with van der Waals surface area (Å²) in [4.78, 5) is 28.6. The van der Waals surface area contributed by atoms with Gasteiger partial charge in [-0.15, -0.1) is 11.8 Å². The number of carbonyl (C=O) groups is 2. The zero-order valence-electron chi connectivity index (χ0n) is 17.1. The monoisotopic (exact) mass is 432 g/mol. The van der Waals surface area contributed by atoms with E-state index in [9.17, 15) is 9.59 Å². The molecule has 2 aromatic carbocycles. The Kier molecular flexibility index (Phi) is 10.1. The van der Waals surface area contributed by atoms with Gasteiger partial charge in [0.25, 0.3) is 0 Å². The highest BCUT2D eigenvalue weighted by molar-refractivity contribution is 8.00. The summed E-state index contributed by atoms with van der Waals surface area (Å²) in [7, 11) is 0. The molecule has 0 saturated heterocycles. The number of amides is 2. The molecule has 6 heteroatoms. The predicted molar refractivity (Wildman–Crippen MR) is 121 cm³/mol. The Morgan fingerprint density at radius 3 is 2.38 bits per heavy atom. The van der Waals surface area contributed by atoms with Gasteiger partial charge < -0.3 is 10.2 Å². The average Bonchev–Trinajstić information content (AvgIpc) is 2.74. The quantitative estimate of drug-likeness (QED) is 0.394. The van der Waals surface area contributed by atoms with Crippen molar-refractivity contribution >= 4 is 35.2 Å². The first-order chi connectivity index (χ1) is 14.0. The van der Waals surface area contributed by atoms with Crippen molar-refractivity contribution in [1.82, 2.24) is 10.2 Å². The van der Waals surface area contributed by atoms with E-state index in [-0.39, 0.29) is 17.6 Å². The van der Waals surface area contributed by atoms with Crippen LogP contribution in [0, 0.1) is 0 Å². The molecule has 156 valence electrons. The molecule has 1 atom stereocenters. The maximum atomic E-state index is 13.1. The zero-order valence-corrected chi connectivity index (χ0v) is 18.6. The number of hydrogen-bond donors (Lipinski definition) is 1. The first kappa shape index (κ1) is 23.3. The normalized spacial score (nSPS) is 11.7. The number of benzene rings is 2. The fourth-order valence-corrected chi connectivity index (χ4v) is 3.88. The first-order valence-electron chi connectivity index (χ1n) is 10.0. The Bertz CT molecular complexity index is 768. The largest absolute Gasteiger partial charge is 0.354 e. The number of unbranched alkanes of at least 4 members (excludes halogenated alkanes) is 1. The molecule has 0 spiro atoms. The van der Waals surface area contributed by atoms with E-state index in [4.69, 9.17) is 11.6 Å². The van der Waals surface area contributed by atoms with Crippen molar-refractivity contribution in [1.29, 1.82) is 0 Å². The van der Waals surface area contributed by atoms with Gasteiger partial charge in [-0.1, -0.05) is 62.2 Å². The lowest BCUT2D eigenvalue weighted by atomic mass is 10.1. The van der Waals surface area contributed by atoms with E-state index >= 15 is 0 Å². The van der Waals surface area contributed by atoms with Gasteiger partial charge in [0.05, 0.1) is 5.75 Å². The minimum absolute atomic E-state index is 0.0497. The van der Waals surface area contributed by atoms with E-state index in [1.807, 2.05) is 61.5 Å². The summed E-state index contributed by atoms with van der Waals surface area (Å²) in [5, 5.41) is 3.65. The van der Waals surface area contributed by atoms with Gasteiger partial charge >= 0.3 is 0 Å². The fourth-order valence-electron chi connectivity index (χ4n) is 2.96. The summed E-state index contributed by atoms with van der Waals surface area (Å²) in [6.07, 6.45) is 2.52. The minimum Gasteiger partial charge on any atom is -0.354 e. The highest BCUT2D eigenvalue weighted by atomic mass is 35.5. The van der Waals surface area contributed by atoms with Gasteiger partial charge in [0.1, 0.15) is 6.04 Å². The van der Waals surface area contributed by atoms with E-state index in [1.54, 1.807) is 4.90 Å². The number of thioether (sulfide) groups is 1. The lowest BCUT2D eigenvalue weighted by Gasteiger charge is -2.30. The Balaban J connectivity index is 2.12. The number of nitrogens with one attached hydrogen (secondary N) is 1. The van der Waals surface area contributed by atoms with Gasteiger partial charge in [0.2, 0.25) is 11.8 Å². The van der Waals surface area contributed by atoms with Crippen LogP contribution in [-0.2, 0) is 16.1 Å². The van der Waals surface area contributed by atoms with Crippen molar-refractivity contribution in [3.05, 3.63) is 65.2 Å². The smallest absolute Gasteiger partial charge is 0.242 e. The van der Waals surface area contributed by atoms with Crippen LogP contribution in [0.15, 0.2) is 59.5 Å². The summed E-state index contributed by atoms with van der Waals surface area (Å²) < 4.78 is 0. The maximum Gasteiger partial charge on any atom is 0.242 e. The summed E-state index contributed by atoms with van der Waals surface area (Å²) in [6.45, 7) is 5.09. The highest BCUT2D eigenvalue weighted by Gasteiger charge is 2.28. The van der Waals surface area contributed by atoms with Gasteiger partial charge in [-0.25, -0.2) is 0 Å². The van der Waals surface area contributed by atoms with Gasteiger partial charge in [-0.05, 0) is 42.7 Å². The van der Waals surface area contributed by atoms with Crippen LogP contribution < -0.4 is 5.32 Å². The molecule has 0 saturated carbocycles. The van der Waals surface area contributed by atoms with E-state index in [0.717, 1.165) is 23.3 Å². The number of nitrogens with zero attached hydrogens (tertiary/aromatic N) is 1. The number of hydrogen-bond acceptors (Lipinski definition) is 3. The van der Waals surface area contributed by atoms with Crippen LogP contribution in [0.3, 0.4) is 0 Å². The average molecular weight is 433 g/mol. The Morgan fingerprint density at radius 1 is 1.07 bits per heavy atom. The second-order valence-electron chi connectivity index (χ2n) is 6.82. The Hall–Kier alpha value is -1.98. The van der Waals surface area contributed by atoms with Crippen molar-refractivity contribution in [3.63, 3.8) is 0 Å². The first-order valence-corrected chi connectivity index (χ1v) is 11.4. The van der Waals surface area contributed by atoms with E-state index < -0.39 is 6.04 Å². The molecule has 0 aromatic heterocycles. The summed E-state index contributed by atoms with van der Waals surface area (Å²) in [5.41, 5.74) is 1.01. The SMILES string of the molecule is CCCCNC(=O)[C@H](CC)N(Cc1ccccc1)C(=O)CSc1ccc(Cl)cc1. The van der Waals surface area contributed by atoms with Gasteiger partial charge in [0.15, 0.2) is 0 Å².